The van der Waals surface area contributed by atoms with E-state index in [1.807, 2.05) is 48.5 Å². The van der Waals surface area contributed by atoms with Crippen molar-refractivity contribution in [2.75, 3.05) is 0 Å². The zero-order valence-corrected chi connectivity index (χ0v) is 12.7. The lowest BCUT2D eigenvalue weighted by Crippen LogP contribution is -2.20. The van der Waals surface area contributed by atoms with E-state index in [1.54, 1.807) is 0 Å². The second-order valence-corrected chi connectivity index (χ2v) is 5.37. The van der Waals surface area contributed by atoms with Crippen LogP contribution >= 0.6 is 0 Å². The van der Waals surface area contributed by atoms with Crippen molar-refractivity contribution in [3.63, 3.8) is 0 Å². The highest BCUT2D eigenvalue weighted by molar-refractivity contribution is 5.93. The lowest BCUT2D eigenvalue weighted by atomic mass is 9.99. The lowest BCUT2D eigenvalue weighted by Gasteiger charge is -2.10. The standard InChI is InChI=1S/C19H22N2O/c20-18(13-7-12-15-8-3-1-4-9-15)17(19(21)22)14-16-10-5-2-6-11-16/h1-6,8-11H,7,12-14,20H2,(H2,21,22)/b18-17+. The van der Waals surface area contributed by atoms with Gasteiger partial charge in [0.2, 0.25) is 5.91 Å². The topological polar surface area (TPSA) is 69.1 Å². The first-order valence-electron chi connectivity index (χ1n) is 7.52. The SMILES string of the molecule is NC(=O)/C(Cc1ccccc1)=C(/N)CCCc1ccccc1. The van der Waals surface area contributed by atoms with Crippen LogP contribution in [0, 0.1) is 0 Å². The smallest absolute Gasteiger partial charge is 0.246 e. The van der Waals surface area contributed by atoms with Gasteiger partial charge in [0.15, 0.2) is 0 Å². The van der Waals surface area contributed by atoms with Crippen LogP contribution in [0.1, 0.15) is 24.0 Å². The quantitative estimate of drug-likeness (QED) is 0.771. The number of rotatable bonds is 7. The van der Waals surface area contributed by atoms with Gasteiger partial charge < -0.3 is 11.5 Å². The average Bonchev–Trinajstić information content (AvgIpc) is 2.54. The van der Waals surface area contributed by atoms with E-state index in [0.717, 1.165) is 18.4 Å². The predicted octanol–water partition coefficient (Wildman–Crippen LogP) is 2.95. The molecule has 0 saturated heterocycles. The Morgan fingerprint density at radius 2 is 1.36 bits per heavy atom. The summed E-state index contributed by atoms with van der Waals surface area (Å²) >= 11 is 0. The molecule has 1 amide bonds. The fourth-order valence-corrected chi connectivity index (χ4v) is 2.44. The maximum atomic E-state index is 11.7. The summed E-state index contributed by atoms with van der Waals surface area (Å²) in [7, 11) is 0. The maximum absolute atomic E-state index is 11.7. The number of allylic oxidation sites excluding steroid dienone is 1. The van der Waals surface area contributed by atoms with Gasteiger partial charge in [-0.25, -0.2) is 0 Å². The Balaban J connectivity index is 1.99. The number of carbonyl (C=O) groups excluding carboxylic acids is 1. The third-order valence-electron chi connectivity index (χ3n) is 3.66. The Kier molecular flexibility index (Phi) is 5.78. The second kappa shape index (κ2) is 8.03. The van der Waals surface area contributed by atoms with Gasteiger partial charge >= 0.3 is 0 Å². The molecule has 0 spiro atoms. The normalized spacial score (nSPS) is 11.8. The number of amides is 1. The molecule has 22 heavy (non-hydrogen) atoms. The monoisotopic (exact) mass is 294 g/mol. The first kappa shape index (κ1) is 15.8. The minimum Gasteiger partial charge on any atom is -0.402 e. The summed E-state index contributed by atoms with van der Waals surface area (Å²) in [5.74, 6) is -0.430. The molecule has 2 aromatic carbocycles. The highest BCUT2D eigenvalue weighted by atomic mass is 16.1. The highest BCUT2D eigenvalue weighted by Crippen LogP contribution is 2.14. The van der Waals surface area contributed by atoms with Crippen molar-refractivity contribution in [2.24, 2.45) is 11.5 Å². The molecular formula is C19H22N2O. The van der Waals surface area contributed by atoms with Crippen molar-refractivity contribution < 1.29 is 4.79 Å². The van der Waals surface area contributed by atoms with Crippen LogP contribution < -0.4 is 11.5 Å². The third kappa shape index (κ3) is 4.77. The number of carbonyl (C=O) groups is 1. The van der Waals surface area contributed by atoms with Crippen LogP contribution in [-0.4, -0.2) is 5.91 Å². The average molecular weight is 294 g/mol. The van der Waals surface area contributed by atoms with E-state index in [2.05, 4.69) is 12.1 Å². The molecule has 0 aromatic heterocycles. The molecule has 0 aliphatic carbocycles. The van der Waals surface area contributed by atoms with Crippen molar-refractivity contribution >= 4 is 5.91 Å². The van der Waals surface area contributed by atoms with Gasteiger partial charge in [-0.15, -0.1) is 0 Å². The first-order valence-corrected chi connectivity index (χ1v) is 7.52. The summed E-state index contributed by atoms with van der Waals surface area (Å²) in [5, 5.41) is 0. The molecule has 2 rings (SSSR count). The van der Waals surface area contributed by atoms with E-state index in [1.165, 1.54) is 5.56 Å². The summed E-state index contributed by atoms with van der Waals surface area (Å²) in [4.78, 5) is 11.7. The Morgan fingerprint density at radius 1 is 0.818 bits per heavy atom. The van der Waals surface area contributed by atoms with Crippen LogP contribution in [0.25, 0.3) is 0 Å². The first-order chi connectivity index (χ1) is 10.7. The molecule has 0 aliphatic rings. The molecule has 0 fully saturated rings. The van der Waals surface area contributed by atoms with E-state index < -0.39 is 5.91 Å². The number of primary amides is 1. The van der Waals surface area contributed by atoms with Gasteiger partial charge in [-0.3, -0.25) is 4.79 Å². The molecule has 4 N–H and O–H groups in total. The molecule has 0 bridgehead atoms. The van der Waals surface area contributed by atoms with E-state index in [4.69, 9.17) is 11.5 Å². The van der Waals surface area contributed by atoms with Crippen molar-refractivity contribution in [1.29, 1.82) is 0 Å². The van der Waals surface area contributed by atoms with E-state index >= 15 is 0 Å². The molecule has 2 aromatic rings. The Bertz CT molecular complexity index is 633. The van der Waals surface area contributed by atoms with Crippen LogP contribution in [-0.2, 0) is 17.6 Å². The van der Waals surface area contributed by atoms with Crippen LogP contribution in [0.5, 0.6) is 0 Å². The summed E-state index contributed by atoms with van der Waals surface area (Å²) in [6.07, 6.45) is 3.02. The van der Waals surface area contributed by atoms with E-state index in [-0.39, 0.29) is 0 Å². The second-order valence-electron chi connectivity index (χ2n) is 5.37. The van der Waals surface area contributed by atoms with E-state index in [9.17, 15) is 4.79 Å². The maximum Gasteiger partial charge on any atom is 0.246 e. The van der Waals surface area contributed by atoms with Gasteiger partial charge in [-0.1, -0.05) is 60.7 Å². The minimum atomic E-state index is -0.430. The molecule has 114 valence electrons. The number of nitrogens with two attached hydrogens (primary N) is 2. The predicted molar refractivity (Wildman–Crippen MR) is 89.9 cm³/mol. The number of aryl methyl sites for hydroxylation is 1. The number of hydrogen-bond donors (Lipinski definition) is 2. The summed E-state index contributed by atoms with van der Waals surface area (Å²) in [6, 6.07) is 20.0. The molecule has 3 heteroatoms. The number of benzene rings is 2. The van der Waals surface area contributed by atoms with Crippen LogP contribution in [0.2, 0.25) is 0 Å². The lowest BCUT2D eigenvalue weighted by molar-refractivity contribution is -0.114. The third-order valence-corrected chi connectivity index (χ3v) is 3.66. The fraction of sp³-hybridized carbons (Fsp3) is 0.211. The minimum absolute atomic E-state index is 0.430. The Hall–Kier alpha value is -2.55. The van der Waals surface area contributed by atoms with Gasteiger partial charge in [0.1, 0.15) is 0 Å². The molecular weight excluding hydrogens is 272 g/mol. The summed E-state index contributed by atoms with van der Waals surface area (Å²) in [6.45, 7) is 0. The van der Waals surface area contributed by atoms with Gasteiger partial charge in [-0.2, -0.15) is 0 Å². The largest absolute Gasteiger partial charge is 0.402 e. The van der Waals surface area contributed by atoms with Crippen LogP contribution in [0.3, 0.4) is 0 Å². The molecule has 0 atom stereocenters. The van der Waals surface area contributed by atoms with Gasteiger partial charge in [0, 0.05) is 17.7 Å². The zero-order valence-electron chi connectivity index (χ0n) is 12.7. The van der Waals surface area contributed by atoms with Crippen LogP contribution in [0.15, 0.2) is 71.9 Å². The molecule has 0 unspecified atom stereocenters. The van der Waals surface area contributed by atoms with Crippen molar-refractivity contribution in [3.05, 3.63) is 83.1 Å². The fourth-order valence-electron chi connectivity index (χ4n) is 2.44. The number of hydrogen-bond acceptors (Lipinski definition) is 2. The van der Waals surface area contributed by atoms with E-state index in [0.29, 0.717) is 24.1 Å². The molecule has 0 radical (unpaired) electrons. The molecule has 0 aliphatic heterocycles. The molecule has 3 nitrogen and oxygen atoms in total. The summed E-state index contributed by atoms with van der Waals surface area (Å²) < 4.78 is 0. The van der Waals surface area contributed by atoms with Crippen LogP contribution in [0.4, 0.5) is 0 Å². The van der Waals surface area contributed by atoms with Crippen molar-refractivity contribution in [3.8, 4) is 0 Å². The molecule has 0 saturated carbocycles. The van der Waals surface area contributed by atoms with Crippen molar-refractivity contribution in [1.82, 2.24) is 0 Å². The zero-order chi connectivity index (χ0) is 15.8. The van der Waals surface area contributed by atoms with Gasteiger partial charge in [-0.05, 0) is 30.4 Å². The Labute approximate surface area is 131 Å². The molecule has 0 heterocycles. The summed E-state index contributed by atoms with van der Waals surface area (Å²) in [5.41, 5.74) is 15.1. The van der Waals surface area contributed by atoms with Gasteiger partial charge in [0.05, 0.1) is 0 Å². The van der Waals surface area contributed by atoms with Crippen molar-refractivity contribution in [2.45, 2.75) is 25.7 Å². The van der Waals surface area contributed by atoms with Gasteiger partial charge in [0.25, 0.3) is 0 Å². The Morgan fingerprint density at radius 3 is 1.91 bits per heavy atom. The highest BCUT2D eigenvalue weighted by Gasteiger charge is 2.11.